The van der Waals surface area contributed by atoms with Crippen LogP contribution < -0.4 is 4.72 Å². The van der Waals surface area contributed by atoms with Gasteiger partial charge in [0.25, 0.3) is 0 Å². The van der Waals surface area contributed by atoms with Crippen LogP contribution in [0.5, 0.6) is 0 Å². The summed E-state index contributed by atoms with van der Waals surface area (Å²) in [5.41, 5.74) is 0. The lowest BCUT2D eigenvalue weighted by molar-refractivity contribution is 0.134. The SMILES string of the molecule is C[C@@H]1C[C@H](C)CN(C[C@H](C)NS(=O)(=O)[C@@H]2CCOC2)C1. The molecule has 2 heterocycles. The second-order valence-electron chi connectivity index (χ2n) is 6.71. The molecule has 2 aliphatic heterocycles. The van der Waals surface area contributed by atoms with Crippen molar-refractivity contribution in [1.82, 2.24) is 9.62 Å². The monoisotopic (exact) mass is 304 g/mol. The summed E-state index contributed by atoms with van der Waals surface area (Å²) in [5, 5.41) is -0.371. The van der Waals surface area contributed by atoms with Crippen molar-refractivity contribution in [1.29, 1.82) is 0 Å². The van der Waals surface area contributed by atoms with Gasteiger partial charge in [0, 0.05) is 32.3 Å². The van der Waals surface area contributed by atoms with Crippen LogP contribution in [0.15, 0.2) is 0 Å². The van der Waals surface area contributed by atoms with Crippen molar-refractivity contribution in [2.45, 2.75) is 44.9 Å². The molecule has 0 aliphatic carbocycles. The Balaban J connectivity index is 1.84. The Bertz CT molecular complexity index is 397. The minimum atomic E-state index is -3.24. The van der Waals surface area contributed by atoms with Gasteiger partial charge in [0.2, 0.25) is 10.0 Å². The normalized spacial score (nSPS) is 34.2. The van der Waals surface area contributed by atoms with Crippen LogP contribution in [0.2, 0.25) is 0 Å². The highest BCUT2D eigenvalue weighted by molar-refractivity contribution is 7.90. The maximum absolute atomic E-state index is 12.2. The largest absolute Gasteiger partial charge is 0.380 e. The summed E-state index contributed by atoms with van der Waals surface area (Å²) in [4.78, 5) is 2.39. The van der Waals surface area contributed by atoms with Crippen LogP contribution in [0.1, 0.15) is 33.6 Å². The van der Waals surface area contributed by atoms with Crippen LogP contribution in [0.3, 0.4) is 0 Å². The predicted octanol–water partition coefficient (Wildman–Crippen LogP) is 1.06. The van der Waals surface area contributed by atoms with Gasteiger partial charge >= 0.3 is 0 Å². The molecule has 1 N–H and O–H groups in total. The first kappa shape index (κ1) is 16.2. The van der Waals surface area contributed by atoms with E-state index >= 15 is 0 Å². The maximum Gasteiger partial charge on any atom is 0.217 e. The average molecular weight is 304 g/mol. The molecule has 0 saturated carbocycles. The minimum Gasteiger partial charge on any atom is -0.380 e. The molecule has 0 bridgehead atoms. The fourth-order valence-corrected chi connectivity index (χ4v) is 5.01. The Morgan fingerprint density at radius 2 is 1.95 bits per heavy atom. The van der Waals surface area contributed by atoms with Crippen molar-refractivity contribution in [3.05, 3.63) is 0 Å². The van der Waals surface area contributed by atoms with Gasteiger partial charge in [-0.3, -0.25) is 0 Å². The van der Waals surface area contributed by atoms with Crippen LogP contribution in [0.4, 0.5) is 0 Å². The van der Waals surface area contributed by atoms with E-state index in [0.29, 0.717) is 31.5 Å². The molecule has 2 aliphatic rings. The standard InChI is InChI=1S/C14H28N2O3S/c1-11-6-12(2)8-16(7-11)9-13(3)15-20(17,18)14-4-5-19-10-14/h11-15H,4-10H2,1-3H3/t11-,12+,13-,14+/m0/s1. The Morgan fingerprint density at radius 1 is 1.30 bits per heavy atom. The molecule has 6 heteroatoms. The molecule has 0 unspecified atom stereocenters. The zero-order chi connectivity index (χ0) is 14.8. The highest BCUT2D eigenvalue weighted by Crippen LogP contribution is 2.21. The van der Waals surface area contributed by atoms with Gasteiger partial charge in [-0.05, 0) is 31.6 Å². The molecular formula is C14H28N2O3S. The van der Waals surface area contributed by atoms with Gasteiger partial charge in [-0.25, -0.2) is 13.1 Å². The maximum atomic E-state index is 12.2. The van der Waals surface area contributed by atoms with Crippen LogP contribution in [0, 0.1) is 11.8 Å². The first-order valence-corrected chi connectivity index (χ1v) is 9.22. The summed E-state index contributed by atoms with van der Waals surface area (Å²) in [5.74, 6) is 1.40. The quantitative estimate of drug-likeness (QED) is 0.825. The Hall–Kier alpha value is -0.170. The van der Waals surface area contributed by atoms with Gasteiger partial charge in [-0.2, -0.15) is 0 Å². The highest BCUT2D eigenvalue weighted by atomic mass is 32.2. The number of hydrogen-bond acceptors (Lipinski definition) is 4. The molecule has 0 aromatic heterocycles. The van der Waals surface area contributed by atoms with E-state index in [-0.39, 0.29) is 11.3 Å². The first-order chi connectivity index (χ1) is 9.37. The zero-order valence-electron chi connectivity index (χ0n) is 12.8. The fraction of sp³-hybridized carbons (Fsp3) is 1.00. The summed E-state index contributed by atoms with van der Waals surface area (Å²) >= 11 is 0. The molecule has 118 valence electrons. The highest BCUT2D eigenvalue weighted by Gasteiger charge is 2.31. The zero-order valence-corrected chi connectivity index (χ0v) is 13.7. The topological polar surface area (TPSA) is 58.6 Å². The number of nitrogens with one attached hydrogen (secondary N) is 1. The van der Waals surface area contributed by atoms with Crippen molar-refractivity contribution in [3.63, 3.8) is 0 Å². The summed E-state index contributed by atoms with van der Waals surface area (Å²) < 4.78 is 32.4. The molecule has 0 aromatic rings. The van der Waals surface area contributed by atoms with Crippen molar-refractivity contribution >= 4 is 10.0 Å². The molecule has 20 heavy (non-hydrogen) atoms. The van der Waals surface area contributed by atoms with E-state index in [1.54, 1.807) is 0 Å². The number of hydrogen-bond donors (Lipinski definition) is 1. The summed E-state index contributed by atoms with van der Waals surface area (Å²) in [6.07, 6.45) is 1.88. The molecular weight excluding hydrogens is 276 g/mol. The van der Waals surface area contributed by atoms with E-state index in [1.165, 1.54) is 6.42 Å². The Kier molecular flexibility index (Phi) is 5.45. The molecule has 2 rings (SSSR count). The van der Waals surface area contributed by atoms with E-state index in [4.69, 9.17) is 4.74 Å². The van der Waals surface area contributed by atoms with Gasteiger partial charge in [-0.1, -0.05) is 13.8 Å². The van der Waals surface area contributed by atoms with Gasteiger partial charge in [-0.15, -0.1) is 0 Å². The van der Waals surface area contributed by atoms with Gasteiger partial charge in [0.15, 0.2) is 0 Å². The van der Waals surface area contributed by atoms with E-state index in [2.05, 4.69) is 23.5 Å². The molecule has 0 aromatic carbocycles. The van der Waals surface area contributed by atoms with Crippen LogP contribution in [-0.4, -0.2) is 57.5 Å². The van der Waals surface area contributed by atoms with Gasteiger partial charge in [0.05, 0.1) is 6.61 Å². The van der Waals surface area contributed by atoms with Crippen molar-refractivity contribution in [2.24, 2.45) is 11.8 Å². The van der Waals surface area contributed by atoms with Crippen molar-refractivity contribution in [3.8, 4) is 0 Å². The smallest absolute Gasteiger partial charge is 0.217 e. The van der Waals surface area contributed by atoms with Crippen LogP contribution in [0.25, 0.3) is 0 Å². The first-order valence-electron chi connectivity index (χ1n) is 7.68. The fourth-order valence-electron chi connectivity index (χ4n) is 3.50. The van der Waals surface area contributed by atoms with E-state index < -0.39 is 10.0 Å². The summed E-state index contributed by atoms with van der Waals surface area (Å²) in [6, 6.07) is -0.0434. The molecule has 0 amide bonds. The van der Waals surface area contributed by atoms with E-state index in [1.807, 2.05) is 6.92 Å². The van der Waals surface area contributed by atoms with E-state index in [0.717, 1.165) is 19.6 Å². The number of nitrogens with zero attached hydrogens (tertiary/aromatic N) is 1. The number of likely N-dealkylation sites (tertiary alicyclic amines) is 1. The summed E-state index contributed by atoms with van der Waals surface area (Å²) in [6.45, 7) is 10.3. The third-order valence-electron chi connectivity index (χ3n) is 4.17. The lowest BCUT2D eigenvalue weighted by Gasteiger charge is -2.36. The molecule has 0 spiro atoms. The van der Waals surface area contributed by atoms with Gasteiger partial charge in [0.1, 0.15) is 5.25 Å². The molecule has 4 atom stereocenters. The third-order valence-corrected chi connectivity index (χ3v) is 6.15. The molecule has 2 saturated heterocycles. The number of sulfonamides is 1. The van der Waals surface area contributed by atoms with Crippen molar-refractivity contribution in [2.75, 3.05) is 32.8 Å². The summed E-state index contributed by atoms with van der Waals surface area (Å²) in [7, 11) is -3.24. The minimum absolute atomic E-state index is 0.0434. The van der Waals surface area contributed by atoms with E-state index in [9.17, 15) is 8.42 Å². The third kappa shape index (κ3) is 4.41. The van der Waals surface area contributed by atoms with Crippen LogP contribution in [-0.2, 0) is 14.8 Å². The Morgan fingerprint density at radius 3 is 2.50 bits per heavy atom. The van der Waals surface area contributed by atoms with Gasteiger partial charge < -0.3 is 9.64 Å². The molecule has 2 fully saturated rings. The van der Waals surface area contributed by atoms with Crippen LogP contribution >= 0.6 is 0 Å². The molecule has 5 nitrogen and oxygen atoms in total. The van der Waals surface area contributed by atoms with Crippen molar-refractivity contribution < 1.29 is 13.2 Å². The molecule has 0 radical (unpaired) electrons. The number of piperidine rings is 1. The number of rotatable bonds is 5. The predicted molar refractivity (Wildman–Crippen MR) is 80.1 cm³/mol. The number of ether oxygens (including phenoxy) is 1. The Labute approximate surface area is 123 Å². The second-order valence-corrected chi connectivity index (χ2v) is 8.71. The lowest BCUT2D eigenvalue weighted by Crippen LogP contribution is -2.48. The average Bonchev–Trinajstić information content (AvgIpc) is 2.79. The second kappa shape index (κ2) is 6.73. The lowest BCUT2D eigenvalue weighted by atomic mass is 9.92.